The number of anilines is 2. The number of hydrogen-bond acceptors (Lipinski definition) is 5. The summed E-state index contributed by atoms with van der Waals surface area (Å²) in [7, 11) is 0. The highest BCUT2D eigenvalue weighted by Crippen LogP contribution is 2.27. The van der Waals surface area contributed by atoms with Crippen LogP contribution in [0.15, 0.2) is 42.5 Å². The van der Waals surface area contributed by atoms with Gasteiger partial charge in [0.05, 0.1) is 12.1 Å². The van der Waals surface area contributed by atoms with Gasteiger partial charge in [0.15, 0.2) is 0 Å². The van der Waals surface area contributed by atoms with Gasteiger partial charge in [-0.3, -0.25) is 4.90 Å². The van der Waals surface area contributed by atoms with Crippen molar-refractivity contribution in [3.05, 3.63) is 53.6 Å². The summed E-state index contributed by atoms with van der Waals surface area (Å²) < 4.78 is 46.2. The third-order valence-electron chi connectivity index (χ3n) is 3.69. The molecule has 0 atom stereocenters. The molecule has 10 heteroatoms. The van der Waals surface area contributed by atoms with Crippen LogP contribution in [0.1, 0.15) is 36.7 Å². The first-order valence-electron chi connectivity index (χ1n) is 8.73. The summed E-state index contributed by atoms with van der Waals surface area (Å²) in [6.07, 6.45) is -5.55. The average molecular weight is 426 g/mol. The number of ether oxygens (including phenoxy) is 2. The zero-order chi connectivity index (χ0) is 22.7. The first-order chi connectivity index (χ1) is 13.7. The number of carboxylic acids is 1. The van der Waals surface area contributed by atoms with Gasteiger partial charge in [0.1, 0.15) is 11.4 Å². The van der Waals surface area contributed by atoms with Gasteiger partial charge in [-0.25, -0.2) is 9.59 Å². The number of carboxylic acid groups (broad SMARTS) is 1. The number of nitrogens with zero attached hydrogens (tertiary/aromatic N) is 1. The zero-order valence-corrected chi connectivity index (χ0v) is 16.5. The molecule has 7 nitrogen and oxygen atoms in total. The molecule has 0 saturated heterocycles. The predicted octanol–water partition coefficient (Wildman–Crippen LogP) is 4.81. The smallest absolute Gasteiger partial charge is 0.478 e. The molecule has 2 aromatic carbocycles. The largest absolute Gasteiger partial charge is 0.573 e. The summed E-state index contributed by atoms with van der Waals surface area (Å²) in [5.41, 5.74) is 5.53. The van der Waals surface area contributed by atoms with Gasteiger partial charge in [-0.15, -0.1) is 13.2 Å². The summed E-state index contributed by atoms with van der Waals surface area (Å²) in [5, 5.41) is 9.12. The van der Waals surface area contributed by atoms with Gasteiger partial charge < -0.3 is 20.3 Å². The van der Waals surface area contributed by atoms with E-state index in [-0.39, 0.29) is 23.5 Å². The number of halogens is 3. The van der Waals surface area contributed by atoms with E-state index < -0.39 is 29.8 Å². The summed E-state index contributed by atoms with van der Waals surface area (Å²) in [6, 6.07) is 8.95. The number of carbonyl (C=O) groups is 2. The minimum absolute atomic E-state index is 0.0533. The third kappa shape index (κ3) is 6.57. The lowest BCUT2D eigenvalue weighted by molar-refractivity contribution is -0.274. The number of hydrogen-bond donors (Lipinski definition) is 2. The van der Waals surface area contributed by atoms with Crippen LogP contribution in [0.3, 0.4) is 0 Å². The average Bonchev–Trinajstić information content (AvgIpc) is 2.57. The maximum Gasteiger partial charge on any atom is 0.573 e. The van der Waals surface area contributed by atoms with E-state index in [9.17, 15) is 22.8 Å². The van der Waals surface area contributed by atoms with Crippen LogP contribution in [0.25, 0.3) is 0 Å². The Kier molecular flexibility index (Phi) is 6.49. The fraction of sp³-hybridized carbons (Fsp3) is 0.300. The Balaban J connectivity index is 2.34. The topological polar surface area (TPSA) is 102 Å². The van der Waals surface area contributed by atoms with Crippen LogP contribution in [0, 0.1) is 0 Å². The molecule has 1 amide bonds. The van der Waals surface area contributed by atoms with Crippen molar-refractivity contribution >= 4 is 23.4 Å². The van der Waals surface area contributed by atoms with E-state index in [1.54, 1.807) is 20.8 Å². The first kappa shape index (κ1) is 22.9. The Morgan fingerprint density at radius 2 is 1.67 bits per heavy atom. The van der Waals surface area contributed by atoms with Crippen molar-refractivity contribution < 1.29 is 37.3 Å². The van der Waals surface area contributed by atoms with E-state index in [1.807, 2.05) is 0 Å². The number of nitrogen functional groups attached to an aromatic ring is 1. The molecule has 2 rings (SSSR count). The fourth-order valence-electron chi connectivity index (χ4n) is 2.47. The fourth-order valence-corrected chi connectivity index (χ4v) is 2.47. The van der Waals surface area contributed by atoms with Gasteiger partial charge in [-0.05, 0) is 56.7 Å². The number of aromatic carboxylic acids is 1. The molecule has 162 valence electrons. The number of benzene rings is 2. The first-order valence-corrected chi connectivity index (χ1v) is 8.73. The molecule has 2 aromatic rings. The van der Waals surface area contributed by atoms with Crippen molar-refractivity contribution in [3.8, 4) is 5.75 Å². The van der Waals surface area contributed by atoms with E-state index in [0.717, 1.165) is 12.1 Å². The Hall–Kier alpha value is -3.43. The Morgan fingerprint density at radius 3 is 2.13 bits per heavy atom. The summed E-state index contributed by atoms with van der Waals surface area (Å²) in [6.45, 7) is 4.96. The standard InChI is InChI=1S/C20H21F3N2O5/c1-19(2,3)30-18(28)25(13-6-9-15(17(26)27)16(24)10-13)11-12-4-7-14(8-5-12)29-20(21,22)23/h4-10H,11,24H2,1-3H3,(H,26,27). The zero-order valence-electron chi connectivity index (χ0n) is 16.5. The predicted molar refractivity (Wildman–Crippen MR) is 103 cm³/mol. The monoisotopic (exact) mass is 426 g/mol. The molecule has 0 aliphatic rings. The second-order valence-electron chi connectivity index (χ2n) is 7.33. The molecule has 0 aliphatic heterocycles. The number of rotatable bonds is 5. The summed E-state index contributed by atoms with van der Waals surface area (Å²) in [5.74, 6) is -1.62. The Bertz CT molecular complexity index is 922. The van der Waals surface area contributed by atoms with Crippen LogP contribution in [0.4, 0.5) is 29.3 Å². The minimum Gasteiger partial charge on any atom is -0.478 e. The summed E-state index contributed by atoms with van der Waals surface area (Å²) in [4.78, 5) is 25.1. The molecule has 0 spiro atoms. The van der Waals surface area contributed by atoms with Crippen LogP contribution in [-0.4, -0.2) is 29.1 Å². The van der Waals surface area contributed by atoms with Crippen molar-refractivity contribution in [1.29, 1.82) is 0 Å². The lowest BCUT2D eigenvalue weighted by Gasteiger charge is -2.28. The van der Waals surface area contributed by atoms with Crippen molar-refractivity contribution in [2.45, 2.75) is 39.3 Å². The maximum atomic E-state index is 12.7. The number of amides is 1. The van der Waals surface area contributed by atoms with Crippen molar-refractivity contribution in [3.63, 3.8) is 0 Å². The van der Waals surface area contributed by atoms with Crippen molar-refractivity contribution in [2.24, 2.45) is 0 Å². The van der Waals surface area contributed by atoms with Gasteiger partial charge in [0.2, 0.25) is 0 Å². The third-order valence-corrected chi connectivity index (χ3v) is 3.69. The molecule has 0 fully saturated rings. The second-order valence-corrected chi connectivity index (χ2v) is 7.33. The van der Waals surface area contributed by atoms with Crippen LogP contribution >= 0.6 is 0 Å². The van der Waals surface area contributed by atoms with E-state index >= 15 is 0 Å². The van der Waals surface area contributed by atoms with Gasteiger partial charge >= 0.3 is 18.4 Å². The van der Waals surface area contributed by atoms with Crippen LogP contribution < -0.4 is 15.4 Å². The Morgan fingerprint density at radius 1 is 1.07 bits per heavy atom. The van der Waals surface area contributed by atoms with E-state index in [1.165, 1.54) is 35.2 Å². The van der Waals surface area contributed by atoms with Crippen molar-refractivity contribution in [2.75, 3.05) is 10.6 Å². The molecule has 0 heterocycles. The molecule has 0 saturated carbocycles. The molecule has 0 radical (unpaired) electrons. The minimum atomic E-state index is -4.81. The van der Waals surface area contributed by atoms with E-state index in [4.69, 9.17) is 15.6 Å². The highest BCUT2D eigenvalue weighted by Gasteiger charge is 2.31. The SMILES string of the molecule is CC(C)(C)OC(=O)N(Cc1ccc(OC(F)(F)F)cc1)c1ccc(C(=O)O)c(N)c1. The molecule has 0 aliphatic carbocycles. The van der Waals surface area contributed by atoms with Gasteiger partial charge in [0, 0.05) is 11.4 Å². The molecule has 0 unspecified atom stereocenters. The maximum absolute atomic E-state index is 12.7. The lowest BCUT2D eigenvalue weighted by atomic mass is 10.1. The number of carbonyl (C=O) groups excluding carboxylic acids is 1. The highest BCUT2D eigenvalue weighted by atomic mass is 19.4. The molecule has 30 heavy (non-hydrogen) atoms. The van der Waals surface area contributed by atoms with Crippen LogP contribution in [0.2, 0.25) is 0 Å². The van der Waals surface area contributed by atoms with Gasteiger partial charge in [-0.2, -0.15) is 0 Å². The number of nitrogens with two attached hydrogens (primary N) is 1. The molecule has 0 aromatic heterocycles. The molecule has 0 bridgehead atoms. The van der Waals surface area contributed by atoms with Crippen LogP contribution in [0.5, 0.6) is 5.75 Å². The Labute approximate surface area is 170 Å². The second kappa shape index (κ2) is 8.52. The quantitative estimate of drug-likeness (QED) is 0.666. The van der Waals surface area contributed by atoms with Gasteiger partial charge in [0.25, 0.3) is 0 Å². The molecular weight excluding hydrogens is 405 g/mol. The highest BCUT2D eigenvalue weighted by molar-refractivity contribution is 5.96. The van der Waals surface area contributed by atoms with Gasteiger partial charge in [-0.1, -0.05) is 12.1 Å². The molecule has 3 N–H and O–H groups in total. The normalized spacial score (nSPS) is 11.7. The summed E-state index contributed by atoms with van der Waals surface area (Å²) >= 11 is 0. The molecular formula is C20H21F3N2O5. The van der Waals surface area contributed by atoms with E-state index in [0.29, 0.717) is 5.56 Å². The lowest BCUT2D eigenvalue weighted by Crippen LogP contribution is -2.36. The van der Waals surface area contributed by atoms with E-state index in [2.05, 4.69) is 4.74 Å². The van der Waals surface area contributed by atoms with Crippen LogP contribution in [-0.2, 0) is 11.3 Å². The number of alkyl halides is 3. The van der Waals surface area contributed by atoms with Crippen molar-refractivity contribution in [1.82, 2.24) is 0 Å².